The average molecular weight is 531 g/mol. The Morgan fingerprint density at radius 3 is 2.05 bits per heavy atom. The molecule has 4 nitrogen and oxygen atoms in total. The number of nitrogens with zero attached hydrogens (tertiary/aromatic N) is 1. The van der Waals surface area contributed by atoms with E-state index in [0.717, 1.165) is 12.8 Å². The van der Waals surface area contributed by atoms with Crippen molar-refractivity contribution in [1.29, 1.82) is 0 Å². The molecule has 4 aliphatic rings. The van der Waals surface area contributed by atoms with Crippen LogP contribution in [0.1, 0.15) is 12.8 Å². The molecule has 7 heteroatoms. The summed E-state index contributed by atoms with van der Waals surface area (Å²) in [4.78, 5) is 0.408. The standard InChI is InChI=1S/C14H15I2NO3S/c15-13-9-6-11-14(16)10(7-12(13)20-11)17(9)21(18,19)8-4-2-1-3-5-8/h1-5,9-14H,6-7H2/t9-,10-,11-,12-,13+,14+/m0/s1. The van der Waals surface area contributed by atoms with Gasteiger partial charge in [0.15, 0.2) is 0 Å². The fraction of sp³-hybridized carbons (Fsp3) is 0.571. The Balaban J connectivity index is 1.78. The van der Waals surface area contributed by atoms with Crippen molar-refractivity contribution < 1.29 is 13.2 Å². The molecule has 4 saturated heterocycles. The van der Waals surface area contributed by atoms with Crippen LogP contribution in [0, 0.1) is 0 Å². The van der Waals surface area contributed by atoms with Gasteiger partial charge in [0.2, 0.25) is 10.0 Å². The molecule has 21 heavy (non-hydrogen) atoms. The van der Waals surface area contributed by atoms with Crippen LogP contribution < -0.4 is 0 Å². The Kier molecular flexibility index (Phi) is 3.80. The highest BCUT2D eigenvalue weighted by Crippen LogP contribution is 2.49. The number of sulfonamides is 1. The molecule has 1 aromatic carbocycles. The summed E-state index contributed by atoms with van der Waals surface area (Å²) in [5.41, 5.74) is 0. The van der Waals surface area contributed by atoms with Gasteiger partial charge in [0.25, 0.3) is 0 Å². The van der Waals surface area contributed by atoms with Gasteiger partial charge in [0.05, 0.1) is 25.0 Å². The van der Waals surface area contributed by atoms with Crippen molar-refractivity contribution in [2.75, 3.05) is 0 Å². The first-order valence-corrected chi connectivity index (χ1v) is 11.0. The van der Waals surface area contributed by atoms with Crippen LogP contribution in [0.3, 0.4) is 0 Å². The van der Waals surface area contributed by atoms with E-state index in [9.17, 15) is 8.42 Å². The zero-order chi connectivity index (χ0) is 14.8. The maximum absolute atomic E-state index is 13.1. The summed E-state index contributed by atoms with van der Waals surface area (Å²) < 4.78 is 34.6. The summed E-state index contributed by atoms with van der Waals surface area (Å²) >= 11 is 4.75. The third-order valence-electron chi connectivity index (χ3n) is 4.72. The second-order valence-electron chi connectivity index (χ2n) is 5.86. The lowest BCUT2D eigenvalue weighted by molar-refractivity contribution is -0.144. The van der Waals surface area contributed by atoms with Crippen molar-refractivity contribution in [1.82, 2.24) is 4.31 Å². The van der Waals surface area contributed by atoms with Gasteiger partial charge in [0, 0.05) is 12.1 Å². The maximum Gasteiger partial charge on any atom is 0.243 e. The molecule has 0 N–H and O–H groups in total. The van der Waals surface area contributed by atoms with E-state index >= 15 is 0 Å². The number of ether oxygens (including phenoxy) is 1. The Hall–Kier alpha value is 0.550. The number of hydrogen-bond acceptors (Lipinski definition) is 3. The fourth-order valence-electron chi connectivity index (χ4n) is 3.78. The van der Waals surface area contributed by atoms with Gasteiger partial charge in [-0.1, -0.05) is 63.4 Å². The molecule has 1 aromatic rings. The van der Waals surface area contributed by atoms with Crippen LogP contribution in [-0.2, 0) is 14.8 Å². The molecule has 0 amide bonds. The van der Waals surface area contributed by atoms with E-state index in [1.807, 2.05) is 6.07 Å². The van der Waals surface area contributed by atoms with Crippen LogP contribution in [0.15, 0.2) is 35.2 Å². The van der Waals surface area contributed by atoms with Crippen molar-refractivity contribution in [2.45, 2.75) is 49.9 Å². The van der Waals surface area contributed by atoms with Crippen LogP contribution in [0.4, 0.5) is 0 Å². The molecular formula is C14H15I2NO3S. The summed E-state index contributed by atoms with van der Waals surface area (Å²) in [5, 5.41) is 0. The first-order valence-electron chi connectivity index (χ1n) is 7.02. The minimum Gasteiger partial charge on any atom is -0.373 e. The van der Waals surface area contributed by atoms with E-state index in [-0.39, 0.29) is 32.1 Å². The highest BCUT2D eigenvalue weighted by molar-refractivity contribution is 14.1. The normalized spacial score (nSPS) is 42.4. The van der Waals surface area contributed by atoms with E-state index in [1.54, 1.807) is 28.6 Å². The van der Waals surface area contributed by atoms with Crippen molar-refractivity contribution in [3.8, 4) is 0 Å². The first kappa shape index (κ1) is 15.1. The number of piperidine rings is 2. The predicted molar refractivity (Wildman–Crippen MR) is 96.6 cm³/mol. The quantitative estimate of drug-likeness (QED) is 0.436. The van der Waals surface area contributed by atoms with Gasteiger partial charge >= 0.3 is 0 Å². The van der Waals surface area contributed by atoms with E-state index in [2.05, 4.69) is 45.2 Å². The molecule has 0 radical (unpaired) electrons. The van der Waals surface area contributed by atoms with E-state index < -0.39 is 10.0 Å². The van der Waals surface area contributed by atoms with Gasteiger partial charge in [0.1, 0.15) is 0 Å². The molecule has 5 rings (SSSR count). The lowest BCUT2D eigenvalue weighted by Crippen LogP contribution is -2.72. The highest BCUT2D eigenvalue weighted by Gasteiger charge is 2.59. The molecule has 6 atom stereocenters. The smallest absolute Gasteiger partial charge is 0.243 e. The van der Waals surface area contributed by atoms with Gasteiger partial charge in [-0.15, -0.1) is 0 Å². The van der Waals surface area contributed by atoms with E-state index in [1.165, 1.54) is 0 Å². The molecule has 0 unspecified atom stereocenters. The maximum atomic E-state index is 13.1. The Morgan fingerprint density at radius 2 is 1.52 bits per heavy atom. The van der Waals surface area contributed by atoms with E-state index in [0.29, 0.717) is 4.90 Å². The van der Waals surface area contributed by atoms with Crippen LogP contribution in [0.2, 0.25) is 0 Å². The van der Waals surface area contributed by atoms with Gasteiger partial charge in [-0.25, -0.2) is 8.42 Å². The molecular weight excluding hydrogens is 516 g/mol. The molecule has 4 fully saturated rings. The second kappa shape index (κ2) is 5.29. The third kappa shape index (κ3) is 2.21. The summed E-state index contributed by atoms with van der Waals surface area (Å²) in [6.07, 6.45) is 2.07. The Labute approximate surface area is 151 Å². The molecule has 4 heterocycles. The number of rotatable bonds is 2. The molecule has 4 bridgehead atoms. The second-order valence-corrected chi connectivity index (χ2v) is 10.6. The summed E-state index contributed by atoms with van der Waals surface area (Å²) in [5.74, 6) is 0. The lowest BCUT2D eigenvalue weighted by atomic mass is 9.80. The molecule has 4 aliphatic heterocycles. The van der Waals surface area contributed by atoms with Gasteiger partial charge in [-0.05, 0) is 25.0 Å². The lowest BCUT2D eigenvalue weighted by Gasteiger charge is -2.59. The number of benzene rings is 1. The van der Waals surface area contributed by atoms with Crippen LogP contribution in [-0.4, -0.2) is 44.9 Å². The minimum absolute atomic E-state index is 0.0734. The highest BCUT2D eigenvalue weighted by atomic mass is 127. The van der Waals surface area contributed by atoms with Gasteiger partial charge < -0.3 is 4.74 Å². The minimum atomic E-state index is -3.42. The monoisotopic (exact) mass is 531 g/mol. The largest absolute Gasteiger partial charge is 0.373 e. The molecule has 0 saturated carbocycles. The first-order chi connectivity index (χ1) is 10.00. The summed E-state index contributed by atoms with van der Waals surface area (Å²) in [6, 6.07) is 8.96. The Morgan fingerprint density at radius 1 is 1.00 bits per heavy atom. The van der Waals surface area contributed by atoms with Crippen molar-refractivity contribution in [2.24, 2.45) is 0 Å². The third-order valence-corrected chi connectivity index (χ3v) is 9.94. The molecule has 0 aliphatic carbocycles. The zero-order valence-corrected chi connectivity index (χ0v) is 16.2. The summed E-state index contributed by atoms with van der Waals surface area (Å²) in [6.45, 7) is 0. The number of hydrogen-bond donors (Lipinski definition) is 0. The topological polar surface area (TPSA) is 46.6 Å². The zero-order valence-electron chi connectivity index (χ0n) is 11.1. The average Bonchev–Trinajstić information content (AvgIpc) is 2.46. The van der Waals surface area contributed by atoms with Crippen molar-refractivity contribution in [3.63, 3.8) is 0 Å². The summed E-state index contributed by atoms with van der Waals surface area (Å²) in [7, 11) is -3.42. The molecule has 0 aromatic heterocycles. The fourth-order valence-corrected chi connectivity index (χ4v) is 8.32. The van der Waals surface area contributed by atoms with Crippen LogP contribution >= 0.6 is 45.2 Å². The number of halogens is 2. The molecule has 0 spiro atoms. The van der Waals surface area contributed by atoms with Crippen molar-refractivity contribution >= 4 is 55.2 Å². The SMILES string of the molecule is O=S(=O)(c1ccccc1)N1[C@H]2C[C@@H]3O[C@@H](C[C@H]1[C@H]3I)[C@@H]2I. The van der Waals surface area contributed by atoms with E-state index in [4.69, 9.17) is 4.74 Å². The number of alkyl halides is 2. The van der Waals surface area contributed by atoms with Crippen LogP contribution in [0.5, 0.6) is 0 Å². The van der Waals surface area contributed by atoms with Gasteiger partial charge in [-0.2, -0.15) is 4.31 Å². The Bertz CT molecular complexity index is 631. The van der Waals surface area contributed by atoms with Gasteiger partial charge in [-0.3, -0.25) is 0 Å². The predicted octanol–water partition coefficient (Wildman–Crippen LogP) is 2.60. The molecule has 114 valence electrons. The van der Waals surface area contributed by atoms with Crippen molar-refractivity contribution in [3.05, 3.63) is 30.3 Å². The van der Waals surface area contributed by atoms with Crippen LogP contribution in [0.25, 0.3) is 0 Å².